The molecule has 0 atom stereocenters. The summed E-state index contributed by atoms with van der Waals surface area (Å²) in [6.07, 6.45) is 2.78. The van der Waals surface area contributed by atoms with Gasteiger partial charge < -0.3 is 9.64 Å². The molecular weight excluding hydrogens is 400 g/mol. The highest BCUT2D eigenvalue weighted by Crippen LogP contribution is 2.33. The number of rotatable bonds is 6. The van der Waals surface area contributed by atoms with Crippen molar-refractivity contribution in [1.82, 2.24) is 4.90 Å². The molecule has 0 spiro atoms. The van der Waals surface area contributed by atoms with Gasteiger partial charge in [0, 0.05) is 24.7 Å². The Morgan fingerprint density at radius 3 is 2.47 bits per heavy atom. The van der Waals surface area contributed by atoms with E-state index in [1.807, 2.05) is 37.8 Å². The van der Waals surface area contributed by atoms with Gasteiger partial charge in [-0.1, -0.05) is 6.07 Å². The lowest BCUT2D eigenvalue weighted by Crippen LogP contribution is -2.36. The molecule has 1 fully saturated rings. The van der Waals surface area contributed by atoms with E-state index in [1.54, 1.807) is 18.2 Å². The van der Waals surface area contributed by atoms with Crippen LogP contribution in [0.4, 0.5) is 5.69 Å². The van der Waals surface area contributed by atoms with Crippen LogP contribution in [0.1, 0.15) is 42.0 Å². The van der Waals surface area contributed by atoms with Crippen molar-refractivity contribution in [2.24, 2.45) is 5.92 Å². The van der Waals surface area contributed by atoms with Crippen molar-refractivity contribution >= 4 is 21.6 Å². The van der Waals surface area contributed by atoms with Crippen molar-refractivity contribution < 1.29 is 17.9 Å². The van der Waals surface area contributed by atoms with E-state index in [4.69, 9.17) is 4.74 Å². The lowest BCUT2D eigenvalue weighted by molar-refractivity contribution is -0.133. The summed E-state index contributed by atoms with van der Waals surface area (Å²) in [6, 6.07) is 8.88. The second kappa shape index (κ2) is 7.95. The third-order valence-corrected chi connectivity index (χ3v) is 7.10. The number of anilines is 1. The molecule has 1 aliphatic carbocycles. The molecule has 2 aromatic rings. The lowest BCUT2D eigenvalue weighted by atomic mass is 9.99. The van der Waals surface area contributed by atoms with Crippen LogP contribution in [0.15, 0.2) is 35.2 Å². The van der Waals surface area contributed by atoms with Crippen LogP contribution in [0, 0.1) is 19.8 Å². The predicted octanol–water partition coefficient (Wildman–Crippen LogP) is 3.80. The average Bonchev–Trinajstić information content (AvgIpc) is 3.54. The van der Waals surface area contributed by atoms with E-state index in [1.165, 1.54) is 5.56 Å². The molecule has 1 heterocycles. The number of hydrogen-bond donors (Lipinski definition) is 1. The van der Waals surface area contributed by atoms with E-state index in [0.29, 0.717) is 18.8 Å². The molecule has 1 saturated carbocycles. The first-order chi connectivity index (χ1) is 14.3. The Morgan fingerprint density at radius 1 is 1.13 bits per heavy atom. The molecule has 7 heteroatoms. The standard InChI is InChI=1S/C23H28N2O4S/c1-4-29-22-15(2)11-21(12-16(22)3)30(27,28)24-20-8-7-17-9-10-25(14-19(17)13-20)23(26)18-5-6-18/h7-8,11-13,18,24H,4-6,9-10,14H2,1-3H3. The molecule has 6 nitrogen and oxygen atoms in total. The molecule has 0 radical (unpaired) electrons. The van der Waals surface area contributed by atoms with Crippen LogP contribution >= 0.6 is 0 Å². The minimum atomic E-state index is -3.74. The molecule has 2 aromatic carbocycles. The number of ether oxygens (including phenoxy) is 1. The first-order valence-electron chi connectivity index (χ1n) is 10.5. The summed E-state index contributed by atoms with van der Waals surface area (Å²) in [5.74, 6) is 1.15. The third-order valence-electron chi connectivity index (χ3n) is 5.74. The topological polar surface area (TPSA) is 75.7 Å². The van der Waals surface area contributed by atoms with Crippen molar-refractivity contribution in [3.05, 3.63) is 52.6 Å². The van der Waals surface area contributed by atoms with Gasteiger partial charge in [-0.25, -0.2) is 8.42 Å². The first-order valence-corrected chi connectivity index (χ1v) is 11.9. The van der Waals surface area contributed by atoms with Crippen molar-refractivity contribution in [2.45, 2.75) is 51.5 Å². The fourth-order valence-electron chi connectivity index (χ4n) is 4.05. The smallest absolute Gasteiger partial charge is 0.261 e. The van der Waals surface area contributed by atoms with Crippen LogP contribution in [-0.2, 0) is 27.8 Å². The number of hydrogen-bond acceptors (Lipinski definition) is 4. The second-order valence-corrected chi connectivity index (χ2v) is 9.87. The third kappa shape index (κ3) is 4.17. The van der Waals surface area contributed by atoms with Gasteiger partial charge in [-0.05, 0) is 86.6 Å². The van der Waals surface area contributed by atoms with Gasteiger partial charge in [0.2, 0.25) is 5.91 Å². The predicted molar refractivity (Wildman–Crippen MR) is 116 cm³/mol. The average molecular weight is 429 g/mol. The number of benzene rings is 2. The zero-order valence-electron chi connectivity index (χ0n) is 17.7. The van der Waals surface area contributed by atoms with Gasteiger partial charge in [0.05, 0.1) is 11.5 Å². The fraction of sp³-hybridized carbons (Fsp3) is 0.435. The molecule has 1 N–H and O–H groups in total. The molecule has 0 bridgehead atoms. The van der Waals surface area contributed by atoms with Gasteiger partial charge in [0.15, 0.2) is 0 Å². The molecule has 0 aromatic heterocycles. The highest BCUT2D eigenvalue weighted by atomic mass is 32.2. The molecular formula is C23H28N2O4S. The maximum Gasteiger partial charge on any atom is 0.261 e. The number of aryl methyl sites for hydroxylation is 2. The zero-order valence-corrected chi connectivity index (χ0v) is 18.5. The summed E-state index contributed by atoms with van der Waals surface area (Å²) >= 11 is 0. The highest BCUT2D eigenvalue weighted by Gasteiger charge is 2.34. The molecule has 0 unspecified atom stereocenters. The maximum absolute atomic E-state index is 13.0. The number of nitrogens with zero attached hydrogens (tertiary/aromatic N) is 1. The summed E-state index contributed by atoms with van der Waals surface area (Å²) in [6.45, 7) is 7.41. The Hall–Kier alpha value is -2.54. The highest BCUT2D eigenvalue weighted by molar-refractivity contribution is 7.92. The van der Waals surface area contributed by atoms with Crippen LogP contribution in [0.5, 0.6) is 5.75 Å². The number of carbonyl (C=O) groups excluding carboxylic acids is 1. The van der Waals surface area contributed by atoms with Crippen molar-refractivity contribution in [2.75, 3.05) is 17.9 Å². The van der Waals surface area contributed by atoms with Crippen LogP contribution in [-0.4, -0.2) is 32.4 Å². The van der Waals surface area contributed by atoms with Crippen LogP contribution in [0.2, 0.25) is 0 Å². The van der Waals surface area contributed by atoms with E-state index >= 15 is 0 Å². The monoisotopic (exact) mass is 428 g/mol. The van der Waals surface area contributed by atoms with E-state index < -0.39 is 10.0 Å². The van der Waals surface area contributed by atoms with Gasteiger partial charge in [0.1, 0.15) is 5.75 Å². The summed E-state index contributed by atoms with van der Waals surface area (Å²) in [7, 11) is -3.74. The first kappa shape index (κ1) is 20.7. The van der Waals surface area contributed by atoms with Crippen molar-refractivity contribution in [3.63, 3.8) is 0 Å². The van der Waals surface area contributed by atoms with E-state index in [-0.39, 0.29) is 16.7 Å². The summed E-state index contributed by atoms with van der Waals surface area (Å²) in [4.78, 5) is 14.5. The quantitative estimate of drug-likeness (QED) is 0.759. The van der Waals surface area contributed by atoms with Crippen LogP contribution in [0.25, 0.3) is 0 Å². The Kier molecular flexibility index (Phi) is 5.49. The van der Waals surface area contributed by atoms with Gasteiger partial charge in [-0.2, -0.15) is 0 Å². The molecule has 160 valence electrons. The van der Waals surface area contributed by atoms with E-state index in [2.05, 4.69) is 4.72 Å². The Labute approximate surface area is 178 Å². The molecule has 1 aliphatic heterocycles. The molecule has 2 aliphatic rings. The van der Waals surface area contributed by atoms with Crippen LogP contribution < -0.4 is 9.46 Å². The van der Waals surface area contributed by atoms with Gasteiger partial charge in [-0.3, -0.25) is 9.52 Å². The van der Waals surface area contributed by atoms with Gasteiger partial charge in [-0.15, -0.1) is 0 Å². The Morgan fingerprint density at radius 2 is 1.83 bits per heavy atom. The number of sulfonamides is 1. The van der Waals surface area contributed by atoms with Crippen LogP contribution in [0.3, 0.4) is 0 Å². The minimum Gasteiger partial charge on any atom is -0.493 e. The second-order valence-electron chi connectivity index (χ2n) is 8.19. The maximum atomic E-state index is 13.0. The van der Waals surface area contributed by atoms with E-state index in [0.717, 1.165) is 48.2 Å². The summed E-state index contributed by atoms with van der Waals surface area (Å²) in [5.41, 5.74) is 4.27. The number of carbonyl (C=O) groups is 1. The largest absolute Gasteiger partial charge is 0.493 e. The Balaban J connectivity index is 1.55. The molecule has 4 rings (SSSR count). The normalized spacial score (nSPS) is 16.2. The lowest BCUT2D eigenvalue weighted by Gasteiger charge is -2.29. The number of amides is 1. The molecule has 0 saturated heterocycles. The van der Waals surface area contributed by atoms with Gasteiger partial charge >= 0.3 is 0 Å². The minimum absolute atomic E-state index is 0.194. The fourth-order valence-corrected chi connectivity index (χ4v) is 5.27. The van der Waals surface area contributed by atoms with Crippen molar-refractivity contribution in [1.29, 1.82) is 0 Å². The zero-order chi connectivity index (χ0) is 21.5. The molecule has 1 amide bonds. The summed E-state index contributed by atoms with van der Waals surface area (Å²) < 4.78 is 34.3. The van der Waals surface area contributed by atoms with E-state index in [9.17, 15) is 13.2 Å². The van der Waals surface area contributed by atoms with Gasteiger partial charge in [0.25, 0.3) is 10.0 Å². The Bertz CT molecular complexity index is 1070. The number of fused-ring (bicyclic) bond motifs is 1. The SMILES string of the molecule is CCOc1c(C)cc(S(=O)(=O)Nc2ccc3c(c2)CN(C(=O)C2CC2)CC3)cc1C. The van der Waals surface area contributed by atoms with Crippen molar-refractivity contribution in [3.8, 4) is 5.75 Å². The molecule has 30 heavy (non-hydrogen) atoms. The number of nitrogens with one attached hydrogen (secondary N) is 1. The summed E-state index contributed by atoms with van der Waals surface area (Å²) in [5, 5.41) is 0.